The Labute approximate surface area is 47.1 Å². The summed E-state index contributed by atoms with van der Waals surface area (Å²) in [6, 6.07) is 0. The summed E-state index contributed by atoms with van der Waals surface area (Å²) in [5, 5.41) is 2.88. The number of hydrogen-bond donors (Lipinski definition) is 1. The van der Waals surface area contributed by atoms with E-state index in [0.717, 1.165) is 0 Å². The SMILES string of the molecule is COC1C=[C]SN1. The van der Waals surface area contributed by atoms with Crippen LogP contribution in [0.25, 0.3) is 0 Å². The maximum Gasteiger partial charge on any atom is 0.137 e. The van der Waals surface area contributed by atoms with E-state index >= 15 is 0 Å². The van der Waals surface area contributed by atoms with Crippen LogP contribution in [-0.4, -0.2) is 13.3 Å². The van der Waals surface area contributed by atoms with E-state index < -0.39 is 0 Å². The molecule has 0 aromatic carbocycles. The van der Waals surface area contributed by atoms with Crippen molar-refractivity contribution in [3.63, 3.8) is 0 Å². The molecular weight excluding hydrogens is 110 g/mol. The molecule has 1 radical (unpaired) electrons. The summed E-state index contributed by atoms with van der Waals surface area (Å²) >= 11 is 1.43. The predicted molar refractivity (Wildman–Crippen MR) is 29.3 cm³/mol. The van der Waals surface area contributed by atoms with Crippen LogP contribution in [0.1, 0.15) is 0 Å². The third-order valence-corrected chi connectivity index (χ3v) is 1.31. The second kappa shape index (κ2) is 2.35. The molecule has 0 fully saturated rings. The maximum absolute atomic E-state index is 4.86. The van der Waals surface area contributed by atoms with E-state index in [2.05, 4.69) is 10.1 Å². The normalized spacial score (nSPS) is 29.0. The highest BCUT2D eigenvalue weighted by atomic mass is 32.2. The molecule has 0 aromatic heterocycles. The predicted octanol–water partition coefficient (Wildman–Crippen LogP) is 0.527. The number of hydrogen-bond acceptors (Lipinski definition) is 3. The van der Waals surface area contributed by atoms with Gasteiger partial charge >= 0.3 is 0 Å². The highest BCUT2D eigenvalue weighted by Gasteiger charge is 2.04. The molecule has 0 aromatic rings. The summed E-state index contributed by atoms with van der Waals surface area (Å²) < 4.78 is 7.80. The first-order chi connectivity index (χ1) is 3.43. The zero-order valence-corrected chi connectivity index (χ0v) is 4.79. The average molecular weight is 116 g/mol. The van der Waals surface area contributed by atoms with Gasteiger partial charge in [-0.2, -0.15) is 0 Å². The number of nitrogens with one attached hydrogen (secondary N) is 1. The largest absolute Gasteiger partial charge is 0.362 e. The molecule has 0 saturated heterocycles. The summed E-state index contributed by atoms with van der Waals surface area (Å²) in [7, 11) is 1.65. The van der Waals surface area contributed by atoms with Crippen LogP contribution in [-0.2, 0) is 4.74 Å². The summed E-state index contributed by atoms with van der Waals surface area (Å²) in [5.41, 5.74) is 0. The van der Waals surface area contributed by atoms with Gasteiger partial charge in [0, 0.05) is 12.5 Å². The molecule has 0 bridgehead atoms. The molecule has 1 heterocycles. The maximum atomic E-state index is 4.86. The first kappa shape index (κ1) is 5.15. The van der Waals surface area contributed by atoms with Gasteiger partial charge < -0.3 is 4.74 Å². The molecule has 7 heavy (non-hydrogen) atoms. The van der Waals surface area contributed by atoms with Gasteiger partial charge in [-0.1, -0.05) is 0 Å². The van der Waals surface area contributed by atoms with E-state index in [0.29, 0.717) is 0 Å². The first-order valence-electron chi connectivity index (χ1n) is 1.96. The van der Waals surface area contributed by atoms with Gasteiger partial charge in [0.05, 0.1) is 0 Å². The Morgan fingerprint density at radius 1 is 2.00 bits per heavy atom. The van der Waals surface area contributed by atoms with Crippen molar-refractivity contribution in [1.82, 2.24) is 4.72 Å². The van der Waals surface area contributed by atoms with E-state index in [4.69, 9.17) is 4.74 Å². The Bertz CT molecular complexity index is 83.8. The number of ether oxygens (including phenoxy) is 1. The topological polar surface area (TPSA) is 21.3 Å². The molecular formula is C4H6NOS. The third kappa shape index (κ3) is 1.19. The minimum absolute atomic E-state index is 0.0741. The summed E-state index contributed by atoms with van der Waals surface area (Å²) in [6.07, 6.45) is 1.91. The monoisotopic (exact) mass is 116 g/mol. The molecule has 1 N–H and O–H groups in total. The van der Waals surface area contributed by atoms with Gasteiger partial charge in [-0.3, -0.25) is 0 Å². The second-order valence-corrected chi connectivity index (χ2v) is 1.84. The Kier molecular flexibility index (Phi) is 1.73. The van der Waals surface area contributed by atoms with Crippen LogP contribution >= 0.6 is 11.9 Å². The van der Waals surface area contributed by atoms with Crippen molar-refractivity contribution in [3.05, 3.63) is 11.5 Å². The minimum Gasteiger partial charge on any atom is -0.362 e. The van der Waals surface area contributed by atoms with Crippen LogP contribution in [0.3, 0.4) is 0 Å². The molecule has 1 aliphatic rings. The van der Waals surface area contributed by atoms with Gasteiger partial charge in [-0.05, 0) is 18.0 Å². The standard InChI is InChI=1S/C4H6NOS/c1-6-4-2-3-7-5-4/h2,4-5H,1H3. The van der Waals surface area contributed by atoms with Gasteiger partial charge in [0.1, 0.15) is 6.23 Å². The van der Waals surface area contributed by atoms with Gasteiger partial charge in [0.2, 0.25) is 0 Å². The van der Waals surface area contributed by atoms with E-state index in [1.807, 2.05) is 6.08 Å². The zero-order chi connectivity index (χ0) is 5.11. The summed E-state index contributed by atoms with van der Waals surface area (Å²) in [4.78, 5) is 0. The summed E-state index contributed by atoms with van der Waals surface area (Å²) in [6.45, 7) is 0. The van der Waals surface area contributed by atoms with Gasteiger partial charge in [-0.15, -0.1) is 0 Å². The molecule has 1 unspecified atom stereocenters. The van der Waals surface area contributed by atoms with Crippen molar-refractivity contribution in [2.24, 2.45) is 0 Å². The van der Waals surface area contributed by atoms with Crippen molar-refractivity contribution in [3.8, 4) is 0 Å². The molecule has 1 atom stereocenters. The third-order valence-electron chi connectivity index (χ3n) is 0.707. The number of rotatable bonds is 1. The van der Waals surface area contributed by atoms with Gasteiger partial charge in [0.15, 0.2) is 0 Å². The first-order valence-corrected chi connectivity index (χ1v) is 2.78. The molecule has 0 spiro atoms. The smallest absolute Gasteiger partial charge is 0.137 e. The molecule has 0 saturated carbocycles. The van der Waals surface area contributed by atoms with Crippen molar-refractivity contribution in [2.75, 3.05) is 7.11 Å². The lowest BCUT2D eigenvalue weighted by Crippen LogP contribution is -2.17. The van der Waals surface area contributed by atoms with Gasteiger partial charge in [0.25, 0.3) is 0 Å². The Morgan fingerprint density at radius 2 is 2.86 bits per heavy atom. The molecule has 0 aliphatic carbocycles. The fourth-order valence-electron chi connectivity index (χ4n) is 0.338. The van der Waals surface area contributed by atoms with Crippen molar-refractivity contribution in [1.29, 1.82) is 0 Å². The fraction of sp³-hybridized carbons (Fsp3) is 0.500. The Balaban J connectivity index is 2.28. The highest BCUT2D eigenvalue weighted by molar-refractivity contribution is 7.99. The zero-order valence-electron chi connectivity index (χ0n) is 3.97. The van der Waals surface area contributed by atoms with E-state index in [-0.39, 0.29) is 6.23 Å². The molecule has 1 aliphatic heterocycles. The molecule has 3 heteroatoms. The van der Waals surface area contributed by atoms with Crippen molar-refractivity contribution in [2.45, 2.75) is 6.23 Å². The quantitative estimate of drug-likeness (QED) is 0.505. The molecule has 0 amide bonds. The summed E-state index contributed by atoms with van der Waals surface area (Å²) in [5.74, 6) is 0. The molecule has 1 rings (SSSR count). The lowest BCUT2D eigenvalue weighted by atomic mass is 10.6. The van der Waals surface area contributed by atoms with E-state index in [9.17, 15) is 0 Å². The molecule has 2 nitrogen and oxygen atoms in total. The van der Waals surface area contributed by atoms with Crippen molar-refractivity contribution >= 4 is 11.9 Å². The average Bonchev–Trinajstić information content (AvgIpc) is 2.14. The lowest BCUT2D eigenvalue weighted by molar-refractivity contribution is 0.137. The Morgan fingerprint density at radius 3 is 3.14 bits per heavy atom. The minimum atomic E-state index is 0.0741. The second-order valence-electron chi connectivity index (χ2n) is 1.16. The van der Waals surface area contributed by atoms with Crippen LogP contribution in [0.4, 0.5) is 0 Å². The van der Waals surface area contributed by atoms with Crippen LogP contribution in [0.5, 0.6) is 0 Å². The van der Waals surface area contributed by atoms with Crippen molar-refractivity contribution < 1.29 is 4.74 Å². The highest BCUT2D eigenvalue weighted by Crippen LogP contribution is 2.06. The van der Waals surface area contributed by atoms with Crippen LogP contribution in [0.2, 0.25) is 0 Å². The molecule has 39 valence electrons. The number of methoxy groups -OCH3 is 1. The van der Waals surface area contributed by atoms with Gasteiger partial charge in [-0.25, -0.2) is 4.72 Å². The lowest BCUT2D eigenvalue weighted by Gasteiger charge is -2.01. The fourth-order valence-corrected chi connectivity index (χ4v) is 0.878. The van der Waals surface area contributed by atoms with Crippen LogP contribution < -0.4 is 4.72 Å². The van der Waals surface area contributed by atoms with E-state index in [1.165, 1.54) is 11.9 Å². The van der Waals surface area contributed by atoms with E-state index in [1.54, 1.807) is 7.11 Å². The van der Waals surface area contributed by atoms with Crippen LogP contribution in [0.15, 0.2) is 6.08 Å². The van der Waals surface area contributed by atoms with Crippen LogP contribution in [0, 0.1) is 5.41 Å². The Hall–Kier alpha value is 0.01000.